The molecule has 0 aromatic carbocycles. The van der Waals surface area contributed by atoms with Crippen LogP contribution in [0.2, 0.25) is 0 Å². The quantitative estimate of drug-likeness (QED) is 0.283. The number of piperidine rings is 2. The van der Waals surface area contributed by atoms with E-state index in [4.69, 9.17) is 0 Å². The molecule has 2 aliphatic heterocycles. The maximum atomic E-state index is 13.5. The second kappa shape index (κ2) is 9.51. The molecule has 2 heterocycles. The molecule has 0 aliphatic carbocycles. The summed E-state index contributed by atoms with van der Waals surface area (Å²) in [4.78, 5) is 31.8. The van der Waals surface area contributed by atoms with Crippen molar-refractivity contribution in [2.45, 2.75) is 123 Å². The largest absolute Gasteiger partial charge is 0.480 e. The van der Waals surface area contributed by atoms with Crippen molar-refractivity contribution in [2.75, 3.05) is 14.1 Å². The fourth-order valence-corrected chi connectivity index (χ4v) is 8.67. The first-order valence-electron chi connectivity index (χ1n) is 13.7. The summed E-state index contributed by atoms with van der Waals surface area (Å²) in [5, 5.41) is 22.1. The highest BCUT2D eigenvalue weighted by atomic mass is 16.4. The van der Waals surface area contributed by atoms with Gasteiger partial charge in [-0.1, -0.05) is 17.7 Å². The summed E-state index contributed by atoms with van der Waals surface area (Å²) < 4.78 is 0. The van der Waals surface area contributed by atoms with Crippen LogP contribution in [0.15, 0.2) is 24.3 Å². The Labute approximate surface area is 226 Å². The summed E-state index contributed by atoms with van der Waals surface area (Å²) >= 11 is 0. The first-order valence-corrected chi connectivity index (χ1v) is 13.7. The molecule has 2 fully saturated rings. The van der Waals surface area contributed by atoms with Crippen LogP contribution in [0.3, 0.4) is 0 Å². The maximum Gasteiger partial charge on any atom is 0.322 e. The number of aliphatic carboxylic acids is 2. The number of allylic oxidation sites excluding steroid dienone is 2. The Hall–Kier alpha value is -1.66. The zero-order chi connectivity index (χ0) is 29.2. The monoisotopic (exact) mass is 518 g/mol. The Kier molecular flexibility index (Phi) is 8.11. The summed E-state index contributed by atoms with van der Waals surface area (Å²) in [7, 11) is 4.24. The minimum Gasteiger partial charge on any atom is -0.480 e. The van der Waals surface area contributed by atoms with Crippen LogP contribution in [0.25, 0.3) is 0 Å². The van der Waals surface area contributed by atoms with Crippen molar-refractivity contribution in [1.29, 1.82) is 0 Å². The zero-order valence-corrected chi connectivity index (χ0v) is 25.7. The Morgan fingerprint density at radius 1 is 0.730 bits per heavy atom. The van der Waals surface area contributed by atoms with Gasteiger partial charge in [0.2, 0.25) is 0 Å². The Morgan fingerprint density at radius 3 is 1.19 bits per heavy atom. The summed E-state index contributed by atoms with van der Waals surface area (Å²) in [6.07, 6.45) is 2.62. The number of likely N-dealkylation sites (tertiary alicyclic amines) is 2. The van der Waals surface area contributed by atoms with Crippen LogP contribution in [0.1, 0.15) is 101 Å². The number of carboxylic acids is 2. The molecule has 2 N–H and O–H groups in total. The van der Waals surface area contributed by atoms with Gasteiger partial charge in [-0.2, -0.15) is 0 Å². The Bertz CT molecular complexity index is 866. The average molecular weight is 519 g/mol. The standard InChI is InChI=1S/C31H54N2O4/c1-20(2)15-30(24(34)35,25(36)37)31(21(3)4,22-16-26(5,6)32(13)27(7,8)17-22)23-18-28(9,10)33(14)29(11,12)19-23/h22-23H,1,3,15-19H2,2,4-14H3,(H,34,35)(H,36,37). The topological polar surface area (TPSA) is 81.1 Å². The molecule has 2 saturated heterocycles. The van der Waals surface area contributed by atoms with Gasteiger partial charge < -0.3 is 10.2 Å². The molecular weight excluding hydrogens is 464 g/mol. The van der Waals surface area contributed by atoms with Gasteiger partial charge in [0.05, 0.1) is 0 Å². The number of hydrogen-bond acceptors (Lipinski definition) is 4. The minimum absolute atomic E-state index is 0.120. The van der Waals surface area contributed by atoms with Crippen LogP contribution in [0.5, 0.6) is 0 Å². The molecule has 2 aliphatic rings. The molecule has 0 saturated carbocycles. The van der Waals surface area contributed by atoms with Gasteiger partial charge in [0.1, 0.15) is 0 Å². The molecule has 37 heavy (non-hydrogen) atoms. The average Bonchev–Trinajstić information content (AvgIpc) is 2.68. The lowest BCUT2D eigenvalue weighted by Crippen LogP contribution is -2.70. The second-order valence-corrected chi connectivity index (χ2v) is 14.9. The molecule has 0 atom stereocenters. The van der Waals surface area contributed by atoms with E-state index in [1.807, 2.05) is 6.92 Å². The van der Waals surface area contributed by atoms with Gasteiger partial charge in [-0.05, 0) is 127 Å². The first kappa shape index (κ1) is 31.6. The van der Waals surface area contributed by atoms with E-state index >= 15 is 0 Å². The summed E-state index contributed by atoms with van der Waals surface area (Å²) in [6, 6.07) is 0. The Balaban J connectivity index is 3.09. The lowest BCUT2D eigenvalue weighted by Gasteiger charge is -2.66. The molecule has 212 valence electrons. The van der Waals surface area contributed by atoms with E-state index in [1.165, 1.54) is 0 Å². The van der Waals surface area contributed by atoms with E-state index in [0.29, 0.717) is 36.8 Å². The van der Waals surface area contributed by atoms with Crippen molar-refractivity contribution < 1.29 is 19.8 Å². The zero-order valence-electron chi connectivity index (χ0n) is 25.7. The fourth-order valence-electron chi connectivity index (χ4n) is 8.67. The van der Waals surface area contributed by atoms with Gasteiger partial charge in [-0.15, -0.1) is 6.58 Å². The van der Waals surface area contributed by atoms with Gasteiger partial charge in [0.15, 0.2) is 5.41 Å². The van der Waals surface area contributed by atoms with E-state index in [-0.39, 0.29) is 40.4 Å². The Morgan fingerprint density at radius 2 is 1.00 bits per heavy atom. The van der Waals surface area contributed by atoms with Gasteiger partial charge in [-0.3, -0.25) is 19.4 Å². The van der Waals surface area contributed by atoms with Gasteiger partial charge in [-0.25, -0.2) is 0 Å². The van der Waals surface area contributed by atoms with Crippen molar-refractivity contribution in [3.63, 3.8) is 0 Å². The molecular formula is C31H54N2O4. The molecule has 0 bridgehead atoms. The molecule has 0 aromatic heterocycles. The summed E-state index contributed by atoms with van der Waals surface area (Å²) in [6.45, 7) is 29.6. The smallest absolute Gasteiger partial charge is 0.322 e. The van der Waals surface area contributed by atoms with E-state index < -0.39 is 22.8 Å². The number of hydrogen-bond donors (Lipinski definition) is 2. The highest BCUT2D eigenvalue weighted by Crippen LogP contribution is 2.66. The van der Waals surface area contributed by atoms with Crippen LogP contribution in [-0.4, -0.2) is 68.2 Å². The minimum atomic E-state index is -2.08. The highest BCUT2D eigenvalue weighted by molar-refractivity contribution is 6.00. The number of carboxylic acid groups (broad SMARTS) is 2. The molecule has 0 spiro atoms. The van der Waals surface area contributed by atoms with Crippen molar-refractivity contribution in [3.8, 4) is 0 Å². The van der Waals surface area contributed by atoms with Crippen molar-refractivity contribution in [3.05, 3.63) is 24.3 Å². The van der Waals surface area contributed by atoms with Crippen LogP contribution < -0.4 is 0 Å². The molecule has 0 aromatic rings. The lowest BCUT2D eigenvalue weighted by atomic mass is 9.42. The van der Waals surface area contributed by atoms with Gasteiger partial charge in [0, 0.05) is 27.6 Å². The van der Waals surface area contributed by atoms with E-state index in [2.05, 4.69) is 92.4 Å². The van der Waals surface area contributed by atoms with E-state index in [0.717, 1.165) is 0 Å². The summed E-state index contributed by atoms with van der Waals surface area (Å²) in [5.41, 5.74) is -3.05. The third-order valence-electron chi connectivity index (χ3n) is 10.6. The van der Waals surface area contributed by atoms with Crippen molar-refractivity contribution in [1.82, 2.24) is 9.80 Å². The molecule has 6 heteroatoms. The summed E-state index contributed by atoms with van der Waals surface area (Å²) in [5.74, 6) is -2.96. The van der Waals surface area contributed by atoms with Gasteiger partial charge in [0.25, 0.3) is 0 Å². The van der Waals surface area contributed by atoms with Crippen molar-refractivity contribution in [2.24, 2.45) is 22.7 Å². The van der Waals surface area contributed by atoms with Gasteiger partial charge >= 0.3 is 11.9 Å². The van der Waals surface area contributed by atoms with Crippen LogP contribution in [0.4, 0.5) is 0 Å². The van der Waals surface area contributed by atoms with E-state index in [9.17, 15) is 19.8 Å². The maximum absolute atomic E-state index is 13.5. The molecule has 6 nitrogen and oxygen atoms in total. The first-order chi connectivity index (χ1) is 16.4. The van der Waals surface area contributed by atoms with Crippen molar-refractivity contribution >= 4 is 11.9 Å². The highest BCUT2D eigenvalue weighted by Gasteiger charge is 2.71. The fraction of sp³-hybridized carbons (Fsp3) is 0.806. The predicted molar refractivity (Wildman–Crippen MR) is 152 cm³/mol. The molecule has 0 unspecified atom stereocenters. The van der Waals surface area contributed by atoms with E-state index in [1.54, 1.807) is 6.92 Å². The number of rotatable bonds is 8. The SMILES string of the molecule is C=C(C)CC(C(=O)O)(C(=O)O)C(C(=C)C)(C1CC(C)(C)N(C)C(C)(C)C1)C1CC(C)(C)N(C)C(C)(C)C1. The number of carbonyl (C=O) groups is 2. The lowest BCUT2D eigenvalue weighted by molar-refractivity contribution is -0.198. The predicted octanol–water partition coefficient (Wildman–Crippen LogP) is 6.47. The van der Waals surface area contributed by atoms with Crippen LogP contribution >= 0.6 is 0 Å². The molecule has 0 amide bonds. The molecule has 0 radical (unpaired) electrons. The van der Waals surface area contributed by atoms with Crippen LogP contribution in [0, 0.1) is 22.7 Å². The third kappa shape index (κ3) is 4.82. The third-order valence-corrected chi connectivity index (χ3v) is 10.6. The van der Waals surface area contributed by atoms with Crippen LogP contribution in [-0.2, 0) is 9.59 Å². The normalized spacial score (nSPS) is 25.0. The molecule has 2 rings (SSSR count). The second-order valence-electron chi connectivity index (χ2n) is 14.9. The number of nitrogens with zero attached hydrogens (tertiary/aromatic N) is 2.